The van der Waals surface area contributed by atoms with Crippen LogP contribution in [0, 0.1) is 11.8 Å². The van der Waals surface area contributed by atoms with Crippen LogP contribution in [0.2, 0.25) is 0 Å². The van der Waals surface area contributed by atoms with Gasteiger partial charge in [-0.3, -0.25) is 19.4 Å². The van der Waals surface area contributed by atoms with Crippen molar-refractivity contribution < 1.29 is 23.9 Å². The van der Waals surface area contributed by atoms with E-state index in [0.717, 1.165) is 25.7 Å². The number of urea groups is 1. The molecule has 130 valence electrons. The van der Waals surface area contributed by atoms with Crippen molar-refractivity contribution in [3.8, 4) is 0 Å². The summed E-state index contributed by atoms with van der Waals surface area (Å²) in [6, 6.07) is -0.428. The van der Waals surface area contributed by atoms with Crippen molar-refractivity contribution in [2.24, 2.45) is 11.8 Å². The minimum absolute atomic E-state index is 0.126. The molecule has 6 atom stereocenters. The highest BCUT2D eigenvalue weighted by Crippen LogP contribution is 2.41. The van der Waals surface area contributed by atoms with Gasteiger partial charge >= 0.3 is 6.03 Å². The average molecular weight is 334 g/mol. The molecular weight excluding hydrogens is 312 g/mol. The zero-order chi connectivity index (χ0) is 16.4. The monoisotopic (exact) mass is 334 g/mol. The maximum absolute atomic E-state index is 12.7. The Morgan fingerprint density at radius 1 is 0.750 bits per heavy atom. The maximum Gasteiger partial charge on any atom is 0.333 e. The van der Waals surface area contributed by atoms with Crippen LogP contribution >= 0.6 is 0 Å². The van der Waals surface area contributed by atoms with E-state index in [1.807, 2.05) is 0 Å². The molecule has 5 aliphatic rings. The van der Waals surface area contributed by atoms with E-state index in [9.17, 15) is 14.4 Å². The summed E-state index contributed by atoms with van der Waals surface area (Å²) >= 11 is 0. The van der Waals surface area contributed by atoms with Gasteiger partial charge in [-0.1, -0.05) is 0 Å². The summed E-state index contributed by atoms with van der Waals surface area (Å²) in [6.45, 7) is 0.647. The minimum atomic E-state index is -0.428. The Morgan fingerprint density at radius 2 is 1.21 bits per heavy atom. The van der Waals surface area contributed by atoms with Gasteiger partial charge in [-0.2, -0.15) is 0 Å². The smallest absolute Gasteiger partial charge is 0.333 e. The molecule has 2 aliphatic carbocycles. The van der Waals surface area contributed by atoms with Gasteiger partial charge in [0.25, 0.3) is 0 Å². The lowest BCUT2D eigenvalue weighted by atomic mass is 9.88. The predicted octanol–water partition coefficient (Wildman–Crippen LogP) is 0.912. The lowest BCUT2D eigenvalue weighted by Crippen LogP contribution is -2.44. The number of amides is 4. The van der Waals surface area contributed by atoms with Crippen molar-refractivity contribution >= 4 is 17.8 Å². The summed E-state index contributed by atoms with van der Waals surface area (Å²) in [5, 5.41) is 0. The van der Waals surface area contributed by atoms with Gasteiger partial charge in [0.15, 0.2) is 0 Å². The maximum atomic E-state index is 12.7. The fourth-order valence-corrected chi connectivity index (χ4v) is 4.64. The molecule has 0 aromatic carbocycles. The fraction of sp³-hybridized carbons (Fsp3) is 0.824. The molecule has 5 rings (SSSR count). The lowest BCUT2D eigenvalue weighted by molar-refractivity contribution is -0.133. The number of nitrogens with zero attached hydrogens (tertiary/aromatic N) is 2. The molecule has 0 N–H and O–H groups in total. The highest BCUT2D eigenvalue weighted by molar-refractivity contribution is 6.04. The van der Waals surface area contributed by atoms with Crippen molar-refractivity contribution in [1.29, 1.82) is 0 Å². The molecule has 0 unspecified atom stereocenters. The molecule has 7 nitrogen and oxygen atoms in total. The van der Waals surface area contributed by atoms with Crippen molar-refractivity contribution in [2.75, 3.05) is 13.1 Å². The van der Waals surface area contributed by atoms with E-state index in [4.69, 9.17) is 9.47 Å². The van der Waals surface area contributed by atoms with Gasteiger partial charge in [0.2, 0.25) is 11.8 Å². The van der Waals surface area contributed by atoms with Crippen LogP contribution in [0.4, 0.5) is 4.79 Å². The molecule has 0 bridgehead atoms. The van der Waals surface area contributed by atoms with E-state index in [0.29, 0.717) is 38.1 Å². The van der Waals surface area contributed by atoms with E-state index in [-0.39, 0.29) is 35.9 Å². The van der Waals surface area contributed by atoms with E-state index in [1.54, 1.807) is 0 Å². The van der Waals surface area contributed by atoms with Crippen molar-refractivity contribution in [3.05, 3.63) is 0 Å². The molecule has 3 aliphatic heterocycles. The lowest BCUT2D eigenvalue weighted by Gasteiger charge is -2.25. The second kappa shape index (κ2) is 5.26. The number of carbonyl (C=O) groups is 3. The van der Waals surface area contributed by atoms with Gasteiger partial charge in [-0.25, -0.2) is 4.79 Å². The van der Waals surface area contributed by atoms with E-state index in [1.165, 1.54) is 9.80 Å². The number of rotatable bonds is 2. The Balaban J connectivity index is 1.22. The van der Waals surface area contributed by atoms with Crippen LogP contribution in [0.15, 0.2) is 0 Å². The van der Waals surface area contributed by atoms with Gasteiger partial charge in [0.1, 0.15) is 0 Å². The SMILES string of the molecule is O=C([C@@H]1CC[C@@H]2O[C@@H]2C1)N1CCN(C(=O)[C@@H]2CC[C@@H]3O[C@@H]3C2)C1=O. The molecular formula is C17H22N2O5. The first-order chi connectivity index (χ1) is 11.6. The first kappa shape index (κ1) is 14.8. The summed E-state index contributed by atoms with van der Waals surface area (Å²) in [4.78, 5) is 40.5. The van der Waals surface area contributed by atoms with E-state index in [2.05, 4.69) is 0 Å². The first-order valence-corrected chi connectivity index (χ1v) is 9.09. The Hall–Kier alpha value is -1.47. The highest BCUT2D eigenvalue weighted by atomic mass is 16.6. The molecule has 7 heteroatoms. The second-order valence-electron chi connectivity index (χ2n) is 7.71. The number of hydrogen-bond donors (Lipinski definition) is 0. The Labute approximate surface area is 140 Å². The van der Waals surface area contributed by atoms with Crippen molar-refractivity contribution in [2.45, 2.75) is 62.9 Å². The summed E-state index contributed by atoms with van der Waals surface area (Å²) in [6.07, 6.45) is 5.86. The van der Waals surface area contributed by atoms with Gasteiger partial charge in [0.05, 0.1) is 24.4 Å². The topological polar surface area (TPSA) is 82.8 Å². The molecule has 0 radical (unpaired) electrons. The summed E-state index contributed by atoms with van der Waals surface area (Å²) in [5.74, 6) is -0.525. The van der Waals surface area contributed by atoms with Gasteiger partial charge in [-0.15, -0.1) is 0 Å². The number of ether oxygens (including phenoxy) is 2. The standard InChI is InChI=1S/C17H22N2O5/c20-15(9-1-3-11-13(7-9)23-11)18-5-6-19(17(18)22)16(21)10-2-4-12-14(8-10)24-12/h9-14H,1-8H2/t9-,10-,11+,12+,13-,14-/m1/s1. The third kappa shape index (κ3) is 2.37. The highest BCUT2D eigenvalue weighted by Gasteiger charge is 2.50. The van der Waals surface area contributed by atoms with Gasteiger partial charge in [0, 0.05) is 24.9 Å². The molecule has 3 heterocycles. The van der Waals surface area contributed by atoms with Crippen LogP contribution < -0.4 is 0 Å². The zero-order valence-corrected chi connectivity index (χ0v) is 13.6. The molecule has 0 aromatic heterocycles. The molecule has 3 saturated heterocycles. The number of imide groups is 2. The van der Waals surface area contributed by atoms with Gasteiger partial charge < -0.3 is 9.47 Å². The molecule has 24 heavy (non-hydrogen) atoms. The number of carbonyl (C=O) groups excluding carboxylic acids is 3. The molecule has 0 spiro atoms. The first-order valence-electron chi connectivity index (χ1n) is 9.09. The Morgan fingerprint density at radius 3 is 1.62 bits per heavy atom. The Bertz CT molecular complexity index is 558. The van der Waals surface area contributed by atoms with Crippen LogP contribution in [0.5, 0.6) is 0 Å². The average Bonchev–Trinajstić information content (AvgIpc) is 3.49. The third-order valence-corrected chi connectivity index (χ3v) is 6.25. The fourth-order valence-electron chi connectivity index (χ4n) is 4.64. The van der Waals surface area contributed by atoms with E-state index < -0.39 is 6.03 Å². The second-order valence-corrected chi connectivity index (χ2v) is 7.71. The number of hydrogen-bond acceptors (Lipinski definition) is 5. The van der Waals surface area contributed by atoms with Crippen LogP contribution in [0.1, 0.15) is 38.5 Å². The minimum Gasteiger partial charge on any atom is -0.370 e. The van der Waals surface area contributed by atoms with Crippen LogP contribution in [-0.4, -0.2) is 65.2 Å². The van der Waals surface area contributed by atoms with Gasteiger partial charge in [-0.05, 0) is 38.5 Å². The van der Waals surface area contributed by atoms with Crippen LogP contribution in [0.3, 0.4) is 0 Å². The van der Waals surface area contributed by atoms with Crippen molar-refractivity contribution in [3.63, 3.8) is 0 Å². The summed E-state index contributed by atoms with van der Waals surface area (Å²) in [5.41, 5.74) is 0. The predicted molar refractivity (Wildman–Crippen MR) is 80.8 cm³/mol. The van der Waals surface area contributed by atoms with E-state index >= 15 is 0 Å². The number of fused-ring (bicyclic) bond motifs is 2. The molecule has 0 aromatic rings. The summed E-state index contributed by atoms with van der Waals surface area (Å²) < 4.78 is 10.9. The normalized spacial score (nSPS) is 43.2. The van der Waals surface area contributed by atoms with Crippen molar-refractivity contribution in [1.82, 2.24) is 9.80 Å². The summed E-state index contributed by atoms with van der Waals surface area (Å²) in [7, 11) is 0. The Kier molecular flexibility index (Phi) is 3.25. The quantitative estimate of drug-likeness (QED) is 0.701. The van der Waals surface area contributed by atoms with Crippen LogP contribution in [0.25, 0.3) is 0 Å². The molecule has 5 fully saturated rings. The van der Waals surface area contributed by atoms with Crippen LogP contribution in [-0.2, 0) is 19.1 Å². The zero-order valence-electron chi connectivity index (χ0n) is 13.6. The molecule has 4 amide bonds. The number of epoxide rings is 2. The third-order valence-electron chi connectivity index (χ3n) is 6.25. The molecule has 2 saturated carbocycles. The largest absolute Gasteiger partial charge is 0.370 e.